The molecule has 1 N–H and O–H groups in total. The fraction of sp³-hybridized carbons (Fsp3) is 0.625. The summed E-state index contributed by atoms with van der Waals surface area (Å²) in [7, 11) is 0. The lowest BCUT2D eigenvalue weighted by atomic mass is 10.1. The first-order valence-corrected chi connectivity index (χ1v) is 7.23. The van der Waals surface area contributed by atoms with E-state index in [4.69, 9.17) is 4.74 Å². The summed E-state index contributed by atoms with van der Waals surface area (Å²) >= 11 is 0. The number of hydrogen-bond acceptors (Lipinski definition) is 2. The van der Waals surface area contributed by atoms with Crippen molar-refractivity contribution in [2.45, 2.75) is 53.2 Å². The second kappa shape index (κ2) is 8.16. The van der Waals surface area contributed by atoms with Crippen LogP contribution in [-0.4, -0.2) is 12.6 Å². The molecule has 0 aliphatic carbocycles. The second-order valence-corrected chi connectivity index (χ2v) is 5.31. The van der Waals surface area contributed by atoms with Crippen molar-refractivity contribution in [3.8, 4) is 5.75 Å². The molecule has 108 valence electrons. The number of halogens is 1. The monoisotopic (exact) mass is 267 g/mol. The molecular weight excluding hydrogens is 241 g/mol. The molecule has 2 nitrogen and oxygen atoms in total. The topological polar surface area (TPSA) is 21.3 Å². The molecule has 0 aliphatic heterocycles. The van der Waals surface area contributed by atoms with Crippen molar-refractivity contribution in [1.82, 2.24) is 5.32 Å². The van der Waals surface area contributed by atoms with Crippen LogP contribution in [0, 0.1) is 11.7 Å². The Bertz CT molecular complexity index is 375. The zero-order valence-electron chi connectivity index (χ0n) is 12.5. The van der Waals surface area contributed by atoms with Crippen LogP contribution in [0.5, 0.6) is 5.75 Å². The molecule has 0 amide bonds. The summed E-state index contributed by atoms with van der Waals surface area (Å²) in [6.45, 7) is 9.99. The average molecular weight is 267 g/mol. The van der Waals surface area contributed by atoms with E-state index >= 15 is 0 Å². The lowest BCUT2D eigenvalue weighted by Gasteiger charge is -2.19. The summed E-state index contributed by atoms with van der Waals surface area (Å²) < 4.78 is 19.7. The van der Waals surface area contributed by atoms with E-state index in [0.717, 1.165) is 24.9 Å². The molecule has 1 aromatic rings. The zero-order valence-corrected chi connectivity index (χ0v) is 12.5. The minimum absolute atomic E-state index is 0.0840. The van der Waals surface area contributed by atoms with E-state index in [1.165, 1.54) is 6.07 Å². The minimum Gasteiger partial charge on any atom is -0.487 e. The highest BCUT2D eigenvalue weighted by Crippen LogP contribution is 2.25. The van der Waals surface area contributed by atoms with E-state index in [1.54, 1.807) is 6.07 Å². The average Bonchev–Trinajstić information content (AvgIpc) is 2.38. The lowest BCUT2D eigenvalue weighted by Crippen LogP contribution is -2.21. The van der Waals surface area contributed by atoms with Crippen LogP contribution in [0.25, 0.3) is 0 Å². The highest BCUT2D eigenvalue weighted by Gasteiger charge is 2.14. The first-order valence-electron chi connectivity index (χ1n) is 7.23. The molecule has 1 rings (SSSR count). The van der Waals surface area contributed by atoms with Gasteiger partial charge in [0, 0.05) is 12.1 Å². The standard InChI is InChI=1S/C16H26FNO/c1-5-14(6-2)19-16-13(8-7-9-15(16)17)11-18-10-12(3)4/h7-9,12,14,18H,5-6,10-11H2,1-4H3. The number of ether oxygens (including phenoxy) is 1. The van der Waals surface area contributed by atoms with Crippen molar-refractivity contribution < 1.29 is 9.13 Å². The van der Waals surface area contributed by atoms with Crippen LogP contribution in [0.3, 0.4) is 0 Å². The molecule has 0 fully saturated rings. The first-order chi connectivity index (χ1) is 9.08. The van der Waals surface area contributed by atoms with E-state index in [0.29, 0.717) is 18.2 Å². The van der Waals surface area contributed by atoms with Gasteiger partial charge in [0.2, 0.25) is 0 Å². The highest BCUT2D eigenvalue weighted by molar-refractivity contribution is 5.35. The normalized spacial score (nSPS) is 11.3. The Morgan fingerprint density at radius 1 is 1.21 bits per heavy atom. The third kappa shape index (κ3) is 5.19. The summed E-state index contributed by atoms with van der Waals surface area (Å²) in [5.41, 5.74) is 0.896. The van der Waals surface area contributed by atoms with E-state index in [9.17, 15) is 4.39 Å². The third-order valence-corrected chi connectivity index (χ3v) is 3.11. The summed E-state index contributed by atoms with van der Waals surface area (Å²) in [6, 6.07) is 5.12. The van der Waals surface area contributed by atoms with E-state index in [2.05, 4.69) is 33.0 Å². The Morgan fingerprint density at radius 2 is 1.89 bits per heavy atom. The van der Waals surface area contributed by atoms with Gasteiger partial charge in [-0.3, -0.25) is 0 Å². The van der Waals surface area contributed by atoms with Gasteiger partial charge in [-0.2, -0.15) is 0 Å². The van der Waals surface area contributed by atoms with Gasteiger partial charge in [0.15, 0.2) is 11.6 Å². The van der Waals surface area contributed by atoms with Crippen molar-refractivity contribution in [3.05, 3.63) is 29.6 Å². The van der Waals surface area contributed by atoms with Crippen LogP contribution in [0.4, 0.5) is 4.39 Å². The van der Waals surface area contributed by atoms with Gasteiger partial charge >= 0.3 is 0 Å². The van der Waals surface area contributed by atoms with Gasteiger partial charge in [-0.15, -0.1) is 0 Å². The van der Waals surface area contributed by atoms with Crippen LogP contribution in [0.2, 0.25) is 0 Å². The van der Waals surface area contributed by atoms with Gasteiger partial charge in [-0.1, -0.05) is 39.8 Å². The molecule has 1 aromatic carbocycles. The molecule has 0 aromatic heterocycles. The van der Waals surface area contributed by atoms with E-state index < -0.39 is 0 Å². The largest absolute Gasteiger partial charge is 0.487 e. The molecule has 3 heteroatoms. The molecule has 0 aliphatic rings. The van der Waals surface area contributed by atoms with Crippen LogP contribution in [0.1, 0.15) is 46.1 Å². The Balaban J connectivity index is 2.76. The number of rotatable bonds is 8. The fourth-order valence-corrected chi connectivity index (χ4v) is 1.94. The predicted molar refractivity (Wildman–Crippen MR) is 77.9 cm³/mol. The minimum atomic E-state index is -0.268. The van der Waals surface area contributed by atoms with Gasteiger partial charge in [-0.25, -0.2) is 4.39 Å². The molecule has 0 unspecified atom stereocenters. The summed E-state index contributed by atoms with van der Waals surface area (Å²) in [5.74, 6) is 0.722. The van der Waals surface area contributed by atoms with Gasteiger partial charge in [0.25, 0.3) is 0 Å². The molecule has 0 bridgehead atoms. The smallest absolute Gasteiger partial charge is 0.165 e. The van der Waals surface area contributed by atoms with Crippen LogP contribution >= 0.6 is 0 Å². The highest BCUT2D eigenvalue weighted by atomic mass is 19.1. The summed E-state index contributed by atoms with van der Waals surface area (Å²) in [5, 5.41) is 3.33. The zero-order chi connectivity index (χ0) is 14.3. The Morgan fingerprint density at radius 3 is 2.47 bits per heavy atom. The van der Waals surface area contributed by atoms with Crippen LogP contribution in [-0.2, 0) is 6.54 Å². The quantitative estimate of drug-likeness (QED) is 0.764. The number of nitrogens with one attached hydrogen (secondary N) is 1. The second-order valence-electron chi connectivity index (χ2n) is 5.31. The predicted octanol–water partition coefficient (Wildman–Crippen LogP) is 4.14. The van der Waals surface area contributed by atoms with E-state index in [1.807, 2.05) is 6.07 Å². The Hall–Kier alpha value is -1.09. The summed E-state index contributed by atoms with van der Waals surface area (Å²) in [4.78, 5) is 0. The van der Waals surface area contributed by atoms with Crippen LogP contribution in [0.15, 0.2) is 18.2 Å². The molecule has 0 radical (unpaired) electrons. The molecule has 0 heterocycles. The molecule has 19 heavy (non-hydrogen) atoms. The molecular formula is C16H26FNO. The SMILES string of the molecule is CCC(CC)Oc1c(F)cccc1CNCC(C)C. The van der Waals surface area contributed by atoms with Crippen molar-refractivity contribution in [1.29, 1.82) is 0 Å². The van der Waals surface area contributed by atoms with Crippen LogP contribution < -0.4 is 10.1 Å². The van der Waals surface area contributed by atoms with Gasteiger partial charge in [0.05, 0.1) is 6.10 Å². The Labute approximate surface area is 116 Å². The van der Waals surface area contributed by atoms with Crippen molar-refractivity contribution in [3.63, 3.8) is 0 Å². The van der Waals surface area contributed by atoms with Crippen molar-refractivity contribution in [2.24, 2.45) is 5.92 Å². The molecule has 0 saturated heterocycles. The summed E-state index contributed by atoms with van der Waals surface area (Å²) in [6.07, 6.45) is 1.87. The van der Waals surface area contributed by atoms with Crippen molar-refractivity contribution in [2.75, 3.05) is 6.54 Å². The molecule has 0 saturated carbocycles. The van der Waals surface area contributed by atoms with Gasteiger partial charge < -0.3 is 10.1 Å². The maximum absolute atomic E-state index is 13.9. The number of hydrogen-bond donors (Lipinski definition) is 1. The van der Waals surface area contributed by atoms with E-state index in [-0.39, 0.29) is 11.9 Å². The van der Waals surface area contributed by atoms with Gasteiger partial charge in [-0.05, 0) is 31.4 Å². The maximum atomic E-state index is 13.9. The number of benzene rings is 1. The first kappa shape index (κ1) is 16.0. The lowest BCUT2D eigenvalue weighted by molar-refractivity contribution is 0.182. The molecule has 0 atom stereocenters. The number of para-hydroxylation sites is 1. The van der Waals surface area contributed by atoms with Crippen molar-refractivity contribution >= 4 is 0 Å². The molecule has 0 spiro atoms. The third-order valence-electron chi connectivity index (χ3n) is 3.11. The Kier molecular flexibility index (Phi) is 6.85. The van der Waals surface area contributed by atoms with Gasteiger partial charge in [0.1, 0.15) is 0 Å². The maximum Gasteiger partial charge on any atom is 0.165 e. The fourth-order valence-electron chi connectivity index (χ4n) is 1.94.